The van der Waals surface area contributed by atoms with Crippen molar-refractivity contribution in [3.63, 3.8) is 0 Å². The van der Waals surface area contributed by atoms with Crippen LogP contribution >= 0.6 is 23.2 Å². The molecule has 0 bridgehead atoms. The fourth-order valence-corrected chi connectivity index (χ4v) is 2.64. The number of carbonyl (C=O) groups is 3. The number of hydrogen-bond acceptors (Lipinski definition) is 5. The van der Waals surface area contributed by atoms with E-state index in [0.717, 1.165) is 11.6 Å². The first-order chi connectivity index (χ1) is 13.3. The van der Waals surface area contributed by atoms with Gasteiger partial charge < -0.3 is 14.8 Å². The van der Waals surface area contributed by atoms with Crippen molar-refractivity contribution in [1.29, 1.82) is 0 Å². The molecule has 0 saturated carbocycles. The molecule has 0 atom stereocenters. The van der Waals surface area contributed by atoms with Gasteiger partial charge in [-0.15, -0.1) is 0 Å². The van der Waals surface area contributed by atoms with E-state index in [1.165, 1.54) is 19.3 Å². The number of methoxy groups -OCH3 is 1. The minimum atomic E-state index is -0.707. The number of esters is 2. The van der Waals surface area contributed by atoms with Crippen LogP contribution in [-0.4, -0.2) is 31.6 Å². The molecule has 0 radical (unpaired) electrons. The number of nitrogens with one attached hydrogen (secondary N) is 1. The minimum absolute atomic E-state index is 0.295. The highest BCUT2D eigenvalue weighted by Crippen LogP contribution is 2.22. The van der Waals surface area contributed by atoms with Gasteiger partial charge in [-0.2, -0.15) is 0 Å². The summed E-state index contributed by atoms with van der Waals surface area (Å²) in [5.41, 5.74) is 2.04. The van der Waals surface area contributed by atoms with Crippen molar-refractivity contribution in [2.75, 3.05) is 19.0 Å². The minimum Gasteiger partial charge on any atom is -0.465 e. The summed E-state index contributed by atoms with van der Waals surface area (Å²) in [7, 11) is 1.27. The van der Waals surface area contributed by atoms with Gasteiger partial charge in [-0.05, 0) is 48.4 Å². The smallest absolute Gasteiger partial charge is 0.337 e. The molecule has 0 heterocycles. The molecule has 28 heavy (non-hydrogen) atoms. The summed E-state index contributed by atoms with van der Waals surface area (Å²) in [4.78, 5) is 35.4. The Morgan fingerprint density at radius 3 is 2.54 bits per heavy atom. The lowest BCUT2D eigenvalue weighted by molar-refractivity contribution is -0.142. The summed E-state index contributed by atoms with van der Waals surface area (Å²) in [5, 5.41) is 3.45. The Labute approximate surface area is 172 Å². The molecule has 0 aromatic heterocycles. The van der Waals surface area contributed by atoms with Crippen molar-refractivity contribution >= 4 is 52.8 Å². The van der Waals surface area contributed by atoms with Crippen molar-refractivity contribution in [3.05, 3.63) is 69.2 Å². The molecule has 0 saturated heterocycles. The molecule has 2 rings (SSSR count). The molecule has 146 valence electrons. The van der Waals surface area contributed by atoms with E-state index in [-0.39, 0.29) is 0 Å². The number of amides is 1. The lowest BCUT2D eigenvalue weighted by Crippen LogP contribution is -2.21. The van der Waals surface area contributed by atoms with E-state index in [1.807, 2.05) is 0 Å². The fourth-order valence-electron chi connectivity index (χ4n) is 2.17. The maximum absolute atomic E-state index is 12.0. The third-order valence-corrected chi connectivity index (χ3v) is 4.20. The average Bonchev–Trinajstić information content (AvgIpc) is 2.66. The third-order valence-electron chi connectivity index (χ3n) is 3.64. The van der Waals surface area contributed by atoms with Crippen LogP contribution in [-0.2, 0) is 19.1 Å². The Bertz CT molecular complexity index is 940. The molecule has 0 aliphatic heterocycles. The standard InChI is InChI=1S/C20H17Cl2NO5/c1-12-3-4-14(20(26)27-2)9-17(12)23-18(24)11-28-19(25)8-6-13-5-7-15(21)10-16(13)22/h3-10H,11H2,1-2H3,(H,23,24)/b8-6+. The van der Waals surface area contributed by atoms with Gasteiger partial charge in [0.2, 0.25) is 0 Å². The van der Waals surface area contributed by atoms with E-state index in [1.54, 1.807) is 37.3 Å². The molecule has 6 nitrogen and oxygen atoms in total. The molecule has 0 fully saturated rings. The number of aryl methyl sites for hydroxylation is 1. The van der Waals surface area contributed by atoms with Crippen molar-refractivity contribution in [2.24, 2.45) is 0 Å². The molecule has 1 N–H and O–H groups in total. The Hall–Kier alpha value is -2.83. The van der Waals surface area contributed by atoms with Gasteiger partial charge in [0.25, 0.3) is 5.91 Å². The average molecular weight is 422 g/mol. The van der Waals surface area contributed by atoms with Crippen LogP contribution in [0, 0.1) is 6.92 Å². The first-order valence-electron chi connectivity index (χ1n) is 8.09. The second-order valence-electron chi connectivity index (χ2n) is 5.68. The van der Waals surface area contributed by atoms with Gasteiger partial charge in [-0.3, -0.25) is 4.79 Å². The second-order valence-corrected chi connectivity index (χ2v) is 6.52. The number of rotatable bonds is 6. The maximum Gasteiger partial charge on any atom is 0.337 e. The molecule has 0 aliphatic carbocycles. The normalized spacial score (nSPS) is 10.6. The van der Waals surface area contributed by atoms with E-state index in [9.17, 15) is 14.4 Å². The second kappa shape index (κ2) is 9.92. The van der Waals surface area contributed by atoms with Crippen LogP contribution in [0.1, 0.15) is 21.5 Å². The number of halogens is 2. The number of ether oxygens (including phenoxy) is 2. The van der Waals surface area contributed by atoms with Crippen LogP contribution in [0.15, 0.2) is 42.5 Å². The molecule has 2 aromatic rings. The van der Waals surface area contributed by atoms with Gasteiger partial charge >= 0.3 is 11.9 Å². The summed E-state index contributed by atoms with van der Waals surface area (Å²) in [6.07, 6.45) is 2.62. The summed E-state index contributed by atoms with van der Waals surface area (Å²) in [5.74, 6) is -1.77. The van der Waals surface area contributed by atoms with Gasteiger partial charge in [0, 0.05) is 21.8 Å². The molecule has 0 unspecified atom stereocenters. The number of anilines is 1. The zero-order chi connectivity index (χ0) is 20.7. The first kappa shape index (κ1) is 21.5. The Morgan fingerprint density at radius 1 is 1.11 bits per heavy atom. The zero-order valence-corrected chi connectivity index (χ0v) is 16.6. The van der Waals surface area contributed by atoms with E-state index in [4.69, 9.17) is 27.9 Å². The SMILES string of the molecule is COC(=O)c1ccc(C)c(NC(=O)COC(=O)/C=C/c2ccc(Cl)cc2Cl)c1. The lowest BCUT2D eigenvalue weighted by Gasteiger charge is -2.10. The number of benzene rings is 2. The molecule has 0 aliphatic rings. The van der Waals surface area contributed by atoms with Crippen molar-refractivity contribution in [2.45, 2.75) is 6.92 Å². The number of hydrogen-bond donors (Lipinski definition) is 1. The van der Waals surface area contributed by atoms with Gasteiger partial charge in [0.15, 0.2) is 6.61 Å². The summed E-state index contributed by atoms with van der Waals surface area (Å²) < 4.78 is 9.55. The van der Waals surface area contributed by atoms with Crippen LogP contribution in [0.25, 0.3) is 6.08 Å². The molecule has 1 amide bonds. The van der Waals surface area contributed by atoms with Crippen molar-refractivity contribution in [1.82, 2.24) is 0 Å². The lowest BCUT2D eigenvalue weighted by atomic mass is 10.1. The van der Waals surface area contributed by atoms with E-state index < -0.39 is 24.5 Å². The van der Waals surface area contributed by atoms with Crippen molar-refractivity contribution in [3.8, 4) is 0 Å². The highest BCUT2D eigenvalue weighted by molar-refractivity contribution is 6.35. The quantitative estimate of drug-likeness (QED) is 0.555. The molecule has 0 spiro atoms. The van der Waals surface area contributed by atoms with Gasteiger partial charge in [0.1, 0.15) is 0 Å². The van der Waals surface area contributed by atoms with Gasteiger partial charge in [0.05, 0.1) is 12.7 Å². The first-order valence-corrected chi connectivity index (χ1v) is 8.84. The topological polar surface area (TPSA) is 81.7 Å². The fraction of sp³-hybridized carbons (Fsp3) is 0.150. The predicted octanol–water partition coefficient (Wildman–Crippen LogP) is 4.28. The van der Waals surface area contributed by atoms with Crippen molar-refractivity contribution < 1.29 is 23.9 Å². The van der Waals surface area contributed by atoms with Gasteiger partial charge in [-0.1, -0.05) is 35.3 Å². The predicted molar refractivity (Wildman–Crippen MR) is 108 cm³/mol. The largest absolute Gasteiger partial charge is 0.465 e. The van der Waals surface area contributed by atoms with Crippen LogP contribution in [0.4, 0.5) is 5.69 Å². The Kier molecular flexibility index (Phi) is 7.61. The highest BCUT2D eigenvalue weighted by atomic mass is 35.5. The summed E-state index contributed by atoms with van der Waals surface area (Å²) >= 11 is 11.8. The summed E-state index contributed by atoms with van der Waals surface area (Å²) in [6, 6.07) is 9.58. The molecule has 2 aromatic carbocycles. The van der Waals surface area contributed by atoms with Crippen LogP contribution < -0.4 is 5.32 Å². The molecule has 8 heteroatoms. The number of carbonyl (C=O) groups excluding carboxylic acids is 3. The van der Waals surface area contributed by atoms with Crippen LogP contribution in [0.3, 0.4) is 0 Å². The van der Waals surface area contributed by atoms with E-state index in [2.05, 4.69) is 10.1 Å². The maximum atomic E-state index is 12.0. The van der Waals surface area contributed by atoms with Gasteiger partial charge in [-0.25, -0.2) is 9.59 Å². The van der Waals surface area contributed by atoms with Crippen LogP contribution in [0.2, 0.25) is 10.0 Å². The monoisotopic (exact) mass is 421 g/mol. The Balaban J connectivity index is 1.92. The zero-order valence-electron chi connectivity index (χ0n) is 15.1. The Morgan fingerprint density at radius 2 is 1.86 bits per heavy atom. The molecular formula is C20H17Cl2NO5. The van der Waals surface area contributed by atoms with E-state index >= 15 is 0 Å². The third kappa shape index (κ3) is 6.11. The van der Waals surface area contributed by atoms with Crippen LogP contribution in [0.5, 0.6) is 0 Å². The molecular weight excluding hydrogens is 405 g/mol. The van der Waals surface area contributed by atoms with E-state index in [0.29, 0.717) is 26.9 Å². The highest BCUT2D eigenvalue weighted by Gasteiger charge is 2.11. The summed E-state index contributed by atoms with van der Waals surface area (Å²) in [6.45, 7) is 1.28.